The molecule has 84 heavy (non-hydrogen) atoms. The van der Waals surface area contributed by atoms with Gasteiger partial charge in [-0.1, -0.05) is 279 Å². The molecule has 0 aliphatic heterocycles. The van der Waals surface area contributed by atoms with Gasteiger partial charge in [0, 0.05) is 25.7 Å². The SMILES string of the molecule is CCCCCCCCCCCCCC(=O)OC[C@H](COP(=O)(O)OC[C@@H](O)COP(=O)(O)OC[C@@H](COC(=O)CCCCCCCCCCCC)OC(=O)CCCCCCCCCCCCC)OC(=O)CCCCCCCCCCC(C)CC. The highest BCUT2D eigenvalue weighted by atomic mass is 31.2. The fourth-order valence-electron chi connectivity index (χ4n) is 9.73. The van der Waals surface area contributed by atoms with Gasteiger partial charge in [0.05, 0.1) is 26.4 Å². The number of hydrogen-bond donors (Lipinski definition) is 3. The molecule has 0 spiro atoms. The molecule has 0 bridgehead atoms. The molecule has 17 nitrogen and oxygen atoms in total. The third kappa shape index (κ3) is 57.8. The van der Waals surface area contributed by atoms with Gasteiger partial charge in [-0.05, 0) is 31.6 Å². The minimum atomic E-state index is -4.94. The lowest BCUT2D eigenvalue weighted by Gasteiger charge is -2.21. The number of rotatable bonds is 65. The first-order chi connectivity index (χ1) is 40.6. The second-order valence-corrected chi connectivity index (χ2v) is 26.7. The molecule has 0 aliphatic rings. The van der Waals surface area contributed by atoms with Gasteiger partial charge < -0.3 is 33.8 Å². The highest BCUT2D eigenvalue weighted by Crippen LogP contribution is 2.45. The summed E-state index contributed by atoms with van der Waals surface area (Å²) in [5.74, 6) is -1.36. The van der Waals surface area contributed by atoms with Crippen molar-refractivity contribution in [2.75, 3.05) is 39.6 Å². The number of phosphoric acid groups is 2. The Bertz CT molecular complexity index is 1640. The maximum atomic E-state index is 13.0. The summed E-state index contributed by atoms with van der Waals surface area (Å²) in [5, 5.41) is 10.5. The molecule has 0 rings (SSSR count). The average molecular weight is 1240 g/mol. The molecule has 3 N–H and O–H groups in total. The van der Waals surface area contributed by atoms with Gasteiger partial charge in [0.25, 0.3) is 0 Å². The highest BCUT2D eigenvalue weighted by Gasteiger charge is 2.30. The Morgan fingerprint density at radius 1 is 0.333 bits per heavy atom. The van der Waals surface area contributed by atoms with Crippen LogP contribution in [0, 0.1) is 5.92 Å². The Morgan fingerprint density at radius 2 is 0.571 bits per heavy atom. The fourth-order valence-corrected chi connectivity index (χ4v) is 11.3. The van der Waals surface area contributed by atoms with Crippen molar-refractivity contribution in [3.05, 3.63) is 0 Å². The lowest BCUT2D eigenvalue weighted by molar-refractivity contribution is -0.161. The number of esters is 4. The van der Waals surface area contributed by atoms with Crippen molar-refractivity contribution in [3.63, 3.8) is 0 Å². The van der Waals surface area contributed by atoms with E-state index in [1.54, 1.807) is 0 Å². The normalized spacial score (nSPS) is 14.5. The Morgan fingerprint density at radius 3 is 0.845 bits per heavy atom. The van der Waals surface area contributed by atoms with Crippen LogP contribution in [0.5, 0.6) is 0 Å². The van der Waals surface area contributed by atoms with E-state index in [2.05, 4.69) is 34.6 Å². The zero-order valence-electron chi connectivity index (χ0n) is 54.0. The van der Waals surface area contributed by atoms with Gasteiger partial charge in [-0.2, -0.15) is 0 Å². The summed E-state index contributed by atoms with van der Waals surface area (Å²) < 4.78 is 68.0. The summed E-state index contributed by atoms with van der Waals surface area (Å²) in [6, 6.07) is 0. The average Bonchev–Trinajstić information content (AvgIpc) is 3.55. The molecule has 0 saturated carbocycles. The predicted octanol–water partition coefficient (Wildman–Crippen LogP) is 18.2. The van der Waals surface area contributed by atoms with Gasteiger partial charge in [-0.15, -0.1) is 0 Å². The number of carbonyl (C=O) groups excluding carboxylic acids is 4. The van der Waals surface area contributed by atoms with Gasteiger partial charge in [0.1, 0.15) is 19.3 Å². The van der Waals surface area contributed by atoms with E-state index in [1.807, 2.05) is 0 Å². The number of carbonyl (C=O) groups is 4. The maximum Gasteiger partial charge on any atom is 0.472 e. The molecule has 0 aromatic rings. The van der Waals surface area contributed by atoms with Gasteiger partial charge in [-0.25, -0.2) is 9.13 Å². The molecule has 0 heterocycles. The Hall–Kier alpha value is -1.94. The van der Waals surface area contributed by atoms with Crippen molar-refractivity contribution in [2.24, 2.45) is 5.92 Å². The number of phosphoric ester groups is 2. The van der Waals surface area contributed by atoms with E-state index in [1.165, 1.54) is 154 Å². The molecular formula is C65H126O17P2. The van der Waals surface area contributed by atoms with Crippen molar-refractivity contribution in [2.45, 2.75) is 348 Å². The summed E-state index contributed by atoms with van der Waals surface area (Å²) in [6.07, 6.45) is 42.8. The van der Waals surface area contributed by atoms with Crippen LogP contribution >= 0.6 is 15.6 Å². The van der Waals surface area contributed by atoms with Crippen molar-refractivity contribution in [1.82, 2.24) is 0 Å². The van der Waals surface area contributed by atoms with Gasteiger partial charge in [0.2, 0.25) is 0 Å². The molecule has 498 valence electrons. The summed E-state index contributed by atoms with van der Waals surface area (Å²) in [7, 11) is -9.89. The van der Waals surface area contributed by atoms with Crippen LogP contribution in [0.2, 0.25) is 0 Å². The fraction of sp³-hybridized carbons (Fsp3) is 0.938. The summed E-state index contributed by atoms with van der Waals surface area (Å²) in [5.41, 5.74) is 0. The van der Waals surface area contributed by atoms with Crippen LogP contribution in [0.1, 0.15) is 330 Å². The lowest BCUT2D eigenvalue weighted by Crippen LogP contribution is -2.30. The lowest BCUT2D eigenvalue weighted by atomic mass is 9.99. The zero-order valence-corrected chi connectivity index (χ0v) is 55.8. The third-order valence-corrected chi connectivity index (χ3v) is 17.3. The molecule has 0 amide bonds. The van der Waals surface area contributed by atoms with E-state index in [0.29, 0.717) is 25.7 Å². The quantitative estimate of drug-likeness (QED) is 0.0222. The largest absolute Gasteiger partial charge is 0.472 e. The topological polar surface area (TPSA) is 237 Å². The molecule has 0 saturated heterocycles. The molecule has 0 radical (unpaired) electrons. The molecule has 0 aromatic carbocycles. The standard InChI is InChI=1S/C65H126O17P2/c1-6-10-13-16-19-22-25-28-34-39-44-49-63(68)76-55-61(82-65(70)51-46-41-36-31-30-32-37-42-47-58(5)9-4)57-80-84(73,74)78-53-59(66)52-77-83(71,72)79-56-60(54-75-62(67)48-43-38-33-27-24-21-18-15-12-8-3)81-64(69)50-45-40-35-29-26-23-20-17-14-11-7-2/h58-61,66H,6-57H2,1-5H3,(H,71,72)(H,73,74)/t58?,59-,60+,61+/m0/s1. The number of aliphatic hydroxyl groups excluding tert-OH is 1. The Labute approximate surface area is 511 Å². The van der Waals surface area contributed by atoms with E-state index < -0.39 is 97.5 Å². The molecule has 3 unspecified atom stereocenters. The van der Waals surface area contributed by atoms with Crippen LogP contribution < -0.4 is 0 Å². The summed E-state index contributed by atoms with van der Waals surface area (Å²) in [4.78, 5) is 72.3. The Kier molecular flexibility index (Phi) is 57.4. The van der Waals surface area contributed by atoms with E-state index >= 15 is 0 Å². The first-order valence-electron chi connectivity index (χ1n) is 34.2. The van der Waals surface area contributed by atoms with Crippen LogP contribution in [0.4, 0.5) is 0 Å². The molecule has 0 aliphatic carbocycles. The second kappa shape index (κ2) is 58.7. The van der Waals surface area contributed by atoms with Crippen LogP contribution in [0.3, 0.4) is 0 Å². The second-order valence-electron chi connectivity index (χ2n) is 23.7. The van der Waals surface area contributed by atoms with Crippen molar-refractivity contribution in [3.8, 4) is 0 Å². The van der Waals surface area contributed by atoms with Crippen LogP contribution in [-0.4, -0.2) is 96.7 Å². The van der Waals surface area contributed by atoms with Gasteiger partial charge >= 0.3 is 39.5 Å². The zero-order chi connectivity index (χ0) is 62.0. The minimum Gasteiger partial charge on any atom is -0.462 e. The van der Waals surface area contributed by atoms with Gasteiger partial charge in [0.15, 0.2) is 12.2 Å². The molecule has 19 heteroatoms. The number of unbranched alkanes of at least 4 members (excludes halogenated alkanes) is 36. The minimum absolute atomic E-state index is 0.105. The number of hydrogen-bond acceptors (Lipinski definition) is 15. The first-order valence-corrected chi connectivity index (χ1v) is 37.2. The van der Waals surface area contributed by atoms with Crippen molar-refractivity contribution >= 4 is 39.5 Å². The smallest absolute Gasteiger partial charge is 0.462 e. The van der Waals surface area contributed by atoms with Crippen LogP contribution in [-0.2, 0) is 65.4 Å². The predicted molar refractivity (Wildman–Crippen MR) is 335 cm³/mol. The van der Waals surface area contributed by atoms with Crippen LogP contribution in [0.15, 0.2) is 0 Å². The third-order valence-electron chi connectivity index (χ3n) is 15.4. The summed E-state index contributed by atoms with van der Waals surface area (Å²) in [6.45, 7) is 7.19. The molecule has 6 atom stereocenters. The van der Waals surface area contributed by atoms with Gasteiger partial charge in [-0.3, -0.25) is 37.3 Å². The van der Waals surface area contributed by atoms with E-state index in [9.17, 15) is 43.2 Å². The number of aliphatic hydroxyl groups is 1. The number of ether oxygens (including phenoxy) is 4. The van der Waals surface area contributed by atoms with E-state index in [4.69, 9.17) is 37.0 Å². The maximum absolute atomic E-state index is 13.0. The van der Waals surface area contributed by atoms with E-state index in [0.717, 1.165) is 95.8 Å². The molecular weight excluding hydrogens is 1110 g/mol. The first kappa shape index (κ1) is 82.1. The molecule has 0 fully saturated rings. The highest BCUT2D eigenvalue weighted by molar-refractivity contribution is 7.47. The van der Waals surface area contributed by atoms with Crippen molar-refractivity contribution in [1.29, 1.82) is 0 Å². The van der Waals surface area contributed by atoms with E-state index in [-0.39, 0.29) is 25.7 Å². The Balaban J connectivity index is 5.25. The monoisotopic (exact) mass is 1240 g/mol. The molecule has 0 aromatic heterocycles. The van der Waals surface area contributed by atoms with Crippen molar-refractivity contribution < 1.29 is 80.2 Å². The summed E-state index contributed by atoms with van der Waals surface area (Å²) >= 11 is 0. The van der Waals surface area contributed by atoms with Crippen LogP contribution in [0.25, 0.3) is 0 Å².